The molecule has 0 radical (unpaired) electrons. The minimum absolute atomic E-state index is 0.261. The van der Waals surface area contributed by atoms with Crippen LogP contribution in [0.5, 0.6) is 5.75 Å². The van der Waals surface area contributed by atoms with Gasteiger partial charge in [-0.15, -0.1) is 0 Å². The molecule has 0 saturated carbocycles. The number of carbonyl (C=O) groups is 1. The number of ether oxygens (including phenoxy) is 2. The molecule has 2 aromatic rings. The molecule has 0 aliphatic carbocycles. The first-order valence-electron chi connectivity index (χ1n) is 9.23. The zero-order chi connectivity index (χ0) is 19.1. The van der Waals surface area contributed by atoms with Crippen LogP contribution in [0.25, 0.3) is 0 Å². The van der Waals surface area contributed by atoms with E-state index in [-0.39, 0.29) is 17.3 Å². The Morgan fingerprint density at radius 3 is 2.56 bits per heavy atom. The fourth-order valence-electron chi connectivity index (χ4n) is 3.40. The molecular formula is C21H25FN2O3. The lowest BCUT2D eigenvalue weighted by Gasteiger charge is -2.38. The molecule has 0 aromatic heterocycles. The van der Waals surface area contributed by atoms with Crippen molar-refractivity contribution in [2.45, 2.75) is 25.2 Å². The van der Waals surface area contributed by atoms with Gasteiger partial charge in [-0.3, -0.25) is 0 Å². The van der Waals surface area contributed by atoms with Crippen LogP contribution >= 0.6 is 0 Å². The van der Waals surface area contributed by atoms with Crippen molar-refractivity contribution in [1.29, 1.82) is 0 Å². The largest absolute Gasteiger partial charge is 0.492 e. The highest BCUT2D eigenvalue weighted by Gasteiger charge is 2.35. The SMILES string of the molecule is CCOc1ccccc1NC(=O)NCC1(c2ccc(F)cc2)CCOCC1. The van der Waals surface area contributed by atoms with Crippen molar-refractivity contribution in [3.63, 3.8) is 0 Å². The standard InChI is InChI=1S/C21H25FN2O3/c1-2-27-19-6-4-3-5-18(19)24-20(25)23-15-21(11-13-26-14-12-21)16-7-9-17(22)10-8-16/h3-10H,2,11-15H2,1H3,(H2,23,24,25). The average molecular weight is 372 g/mol. The van der Waals surface area contributed by atoms with E-state index in [2.05, 4.69) is 10.6 Å². The number of anilines is 1. The number of rotatable bonds is 6. The molecule has 2 N–H and O–H groups in total. The number of hydrogen-bond donors (Lipinski definition) is 2. The maximum atomic E-state index is 13.3. The highest BCUT2D eigenvalue weighted by molar-refractivity contribution is 5.90. The molecule has 144 valence electrons. The van der Waals surface area contributed by atoms with Crippen molar-refractivity contribution in [3.8, 4) is 5.75 Å². The van der Waals surface area contributed by atoms with Gasteiger partial charge in [0, 0.05) is 25.2 Å². The summed E-state index contributed by atoms with van der Waals surface area (Å²) in [5.41, 5.74) is 1.38. The second kappa shape index (κ2) is 8.86. The van der Waals surface area contributed by atoms with E-state index in [1.54, 1.807) is 18.2 Å². The van der Waals surface area contributed by atoms with Gasteiger partial charge in [0.25, 0.3) is 0 Å². The third-order valence-corrected chi connectivity index (χ3v) is 4.93. The summed E-state index contributed by atoms with van der Waals surface area (Å²) in [7, 11) is 0. The maximum Gasteiger partial charge on any atom is 0.319 e. The third-order valence-electron chi connectivity index (χ3n) is 4.93. The van der Waals surface area contributed by atoms with Crippen LogP contribution < -0.4 is 15.4 Å². The van der Waals surface area contributed by atoms with Crippen LogP contribution in [-0.2, 0) is 10.2 Å². The Balaban J connectivity index is 1.69. The summed E-state index contributed by atoms with van der Waals surface area (Å²) in [5.74, 6) is 0.369. The fourth-order valence-corrected chi connectivity index (χ4v) is 3.40. The number of benzene rings is 2. The highest BCUT2D eigenvalue weighted by atomic mass is 19.1. The van der Waals surface area contributed by atoms with Gasteiger partial charge in [0.1, 0.15) is 11.6 Å². The lowest BCUT2D eigenvalue weighted by atomic mass is 9.74. The molecule has 6 heteroatoms. The van der Waals surface area contributed by atoms with Crippen LogP contribution in [0.3, 0.4) is 0 Å². The van der Waals surface area contributed by atoms with E-state index in [1.807, 2.05) is 25.1 Å². The van der Waals surface area contributed by atoms with Gasteiger partial charge >= 0.3 is 6.03 Å². The van der Waals surface area contributed by atoms with E-state index >= 15 is 0 Å². The molecular weight excluding hydrogens is 347 g/mol. The number of urea groups is 1. The molecule has 2 amide bonds. The molecule has 1 saturated heterocycles. The van der Waals surface area contributed by atoms with Gasteiger partial charge in [-0.2, -0.15) is 0 Å². The number of nitrogens with one attached hydrogen (secondary N) is 2. The Morgan fingerprint density at radius 1 is 1.15 bits per heavy atom. The quantitative estimate of drug-likeness (QED) is 0.803. The number of hydrogen-bond acceptors (Lipinski definition) is 3. The van der Waals surface area contributed by atoms with Crippen LogP contribution in [0.1, 0.15) is 25.3 Å². The molecule has 0 spiro atoms. The van der Waals surface area contributed by atoms with E-state index in [1.165, 1.54) is 12.1 Å². The van der Waals surface area contributed by atoms with Crippen molar-refractivity contribution >= 4 is 11.7 Å². The summed E-state index contributed by atoms with van der Waals surface area (Å²) >= 11 is 0. The van der Waals surface area contributed by atoms with E-state index in [0.717, 1.165) is 18.4 Å². The van der Waals surface area contributed by atoms with Crippen LogP contribution in [0.15, 0.2) is 48.5 Å². The topological polar surface area (TPSA) is 59.6 Å². The summed E-state index contributed by atoms with van der Waals surface area (Å²) in [4.78, 5) is 12.5. The number of halogens is 1. The molecule has 0 bridgehead atoms. The third kappa shape index (κ3) is 4.77. The van der Waals surface area contributed by atoms with Crippen LogP contribution in [0.2, 0.25) is 0 Å². The zero-order valence-electron chi connectivity index (χ0n) is 15.5. The van der Waals surface area contributed by atoms with Gasteiger partial charge in [-0.25, -0.2) is 9.18 Å². The molecule has 1 aliphatic heterocycles. The van der Waals surface area contributed by atoms with Gasteiger partial charge in [-0.1, -0.05) is 24.3 Å². The second-order valence-corrected chi connectivity index (χ2v) is 6.64. The zero-order valence-corrected chi connectivity index (χ0v) is 15.5. The van der Waals surface area contributed by atoms with Crippen molar-refractivity contribution in [2.75, 3.05) is 31.7 Å². The number of para-hydroxylation sites is 2. The summed E-state index contributed by atoms with van der Waals surface area (Å²) < 4.78 is 24.4. The van der Waals surface area contributed by atoms with Crippen LogP contribution in [-0.4, -0.2) is 32.4 Å². The number of amides is 2. The predicted octanol–water partition coefficient (Wildman–Crippen LogP) is 4.09. The highest BCUT2D eigenvalue weighted by Crippen LogP contribution is 2.34. The van der Waals surface area contributed by atoms with Crippen molar-refractivity contribution in [1.82, 2.24) is 5.32 Å². The molecule has 3 rings (SSSR count). The van der Waals surface area contributed by atoms with Gasteiger partial charge in [0.05, 0.1) is 12.3 Å². The minimum Gasteiger partial charge on any atom is -0.492 e. The molecule has 1 aliphatic rings. The Bertz CT molecular complexity index is 758. The molecule has 1 fully saturated rings. The average Bonchev–Trinajstić information content (AvgIpc) is 2.69. The molecule has 5 nitrogen and oxygen atoms in total. The van der Waals surface area contributed by atoms with E-state index in [4.69, 9.17) is 9.47 Å². The van der Waals surface area contributed by atoms with Gasteiger partial charge in [0.2, 0.25) is 0 Å². The van der Waals surface area contributed by atoms with Crippen molar-refractivity contribution in [3.05, 3.63) is 59.9 Å². The first-order valence-corrected chi connectivity index (χ1v) is 9.23. The molecule has 0 atom stereocenters. The Morgan fingerprint density at radius 2 is 1.85 bits per heavy atom. The summed E-state index contributed by atoms with van der Waals surface area (Å²) in [6.45, 7) is 4.11. The van der Waals surface area contributed by atoms with Gasteiger partial charge < -0.3 is 20.1 Å². The summed E-state index contributed by atoms with van der Waals surface area (Å²) in [6, 6.07) is 13.5. The smallest absolute Gasteiger partial charge is 0.319 e. The first kappa shape index (κ1) is 19.2. The van der Waals surface area contributed by atoms with E-state index < -0.39 is 0 Å². The van der Waals surface area contributed by atoms with Gasteiger partial charge in [0.15, 0.2) is 0 Å². The molecule has 27 heavy (non-hydrogen) atoms. The summed E-state index contributed by atoms with van der Waals surface area (Å²) in [5, 5.41) is 5.82. The lowest BCUT2D eigenvalue weighted by Crippen LogP contribution is -2.45. The van der Waals surface area contributed by atoms with Crippen LogP contribution in [0.4, 0.5) is 14.9 Å². The second-order valence-electron chi connectivity index (χ2n) is 6.64. The van der Waals surface area contributed by atoms with Crippen molar-refractivity contribution < 1.29 is 18.7 Å². The Labute approximate surface area is 158 Å². The Hall–Kier alpha value is -2.60. The predicted molar refractivity (Wildman–Crippen MR) is 103 cm³/mol. The first-order chi connectivity index (χ1) is 13.1. The number of carbonyl (C=O) groups excluding carboxylic acids is 1. The van der Waals surface area contributed by atoms with E-state index in [0.29, 0.717) is 37.8 Å². The normalized spacial score (nSPS) is 15.8. The van der Waals surface area contributed by atoms with Crippen LogP contribution in [0, 0.1) is 5.82 Å². The minimum atomic E-state index is -0.296. The fraction of sp³-hybridized carbons (Fsp3) is 0.381. The molecule has 2 aromatic carbocycles. The van der Waals surface area contributed by atoms with E-state index in [9.17, 15) is 9.18 Å². The molecule has 1 heterocycles. The monoisotopic (exact) mass is 372 g/mol. The van der Waals surface area contributed by atoms with Gasteiger partial charge in [-0.05, 0) is 49.6 Å². The van der Waals surface area contributed by atoms with Crippen molar-refractivity contribution in [2.24, 2.45) is 0 Å². The lowest BCUT2D eigenvalue weighted by molar-refractivity contribution is 0.0508. The Kier molecular flexibility index (Phi) is 6.29. The summed E-state index contributed by atoms with van der Waals surface area (Å²) in [6.07, 6.45) is 1.54. The molecule has 0 unspecified atom stereocenters. The maximum absolute atomic E-state index is 13.3.